The molecule has 0 spiro atoms. The van der Waals surface area contributed by atoms with Gasteiger partial charge in [-0.05, 0) is 64.5 Å². The second-order valence-electron chi connectivity index (χ2n) is 8.16. The molecule has 8 heteroatoms. The zero-order valence-corrected chi connectivity index (χ0v) is 21.5. The number of unbranched alkanes of at least 4 members (excludes halogenated alkanes) is 6. The van der Waals surface area contributed by atoms with Crippen LogP contribution in [0.15, 0.2) is 54.6 Å². The third-order valence-electron chi connectivity index (χ3n) is 4.84. The Labute approximate surface area is 204 Å². The van der Waals surface area contributed by atoms with Crippen molar-refractivity contribution in [2.24, 2.45) is 0 Å². The van der Waals surface area contributed by atoms with Crippen LogP contribution in [0.4, 0.5) is 0 Å². The highest BCUT2D eigenvalue weighted by Gasteiger charge is 2.27. The molecule has 190 valence electrons. The lowest BCUT2D eigenvalue weighted by atomic mass is 10.2. The average Bonchev–Trinajstić information content (AvgIpc) is 2.82. The van der Waals surface area contributed by atoms with E-state index in [-0.39, 0.29) is 11.9 Å². The van der Waals surface area contributed by atoms with Gasteiger partial charge in [-0.3, -0.25) is 4.57 Å². The van der Waals surface area contributed by atoms with Gasteiger partial charge in [0.15, 0.2) is 0 Å². The van der Waals surface area contributed by atoms with Crippen LogP contribution < -0.4 is 5.30 Å². The number of carbonyl (C=O) groups excluding carboxylic acids is 2. The lowest BCUT2D eigenvalue weighted by molar-refractivity contribution is -0.139. The van der Waals surface area contributed by atoms with E-state index >= 15 is 0 Å². The molecular weight excluding hydrogens is 455 g/mol. The first-order valence-corrected chi connectivity index (χ1v) is 13.4. The lowest BCUT2D eigenvalue weighted by Gasteiger charge is -2.19. The molecule has 7 nitrogen and oxygen atoms in total. The van der Waals surface area contributed by atoms with E-state index in [4.69, 9.17) is 18.5 Å². The Kier molecular flexibility index (Phi) is 15.1. The topological polar surface area (TPSA) is 88.1 Å². The summed E-state index contributed by atoms with van der Waals surface area (Å²) in [4.78, 5) is 22.7. The molecule has 0 saturated carbocycles. The van der Waals surface area contributed by atoms with Crippen LogP contribution in [0.2, 0.25) is 0 Å². The lowest BCUT2D eigenvalue weighted by Crippen LogP contribution is -2.12. The van der Waals surface area contributed by atoms with Crippen molar-refractivity contribution in [2.75, 3.05) is 26.4 Å². The molecule has 0 aliphatic heterocycles. The summed E-state index contributed by atoms with van der Waals surface area (Å²) in [6, 6.07) is 8.99. The fourth-order valence-corrected chi connectivity index (χ4v) is 4.51. The Bertz CT molecular complexity index is 774. The molecule has 0 aliphatic rings. The van der Waals surface area contributed by atoms with Gasteiger partial charge in [0.05, 0.1) is 31.7 Å². The summed E-state index contributed by atoms with van der Waals surface area (Å²) in [7, 11) is -3.40. The van der Waals surface area contributed by atoms with Crippen LogP contribution in [0.1, 0.15) is 65.2 Å². The standard InChI is InChI=1S/C26H39O7P/c1-22(2)25(27)30-18-12-5-7-14-20-32-34(29,24-16-10-9-11-17-24)33-21-15-8-6-13-19-31-26(28)23(3)4/h9-11,16-17H,1,3,5-8,12-15,18-21H2,2,4H3. The molecule has 0 unspecified atom stereocenters. The highest BCUT2D eigenvalue weighted by atomic mass is 31.2. The third kappa shape index (κ3) is 12.9. The largest absolute Gasteiger partial charge is 0.462 e. The van der Waals surface area contributed by atoms with Crippen LogP contribution in [0.3, 0.4) is 0 Å². The molecule has 34 heavy (non-hydrogen) atoms. The van der Waals surface area contributed by atoms with Crippen molar-refractivity contribution in [3.05, 3.63) is 54.6 Å². The van der Waals surface area contributed by atoms with E-state index in [1.54, 1.807) is 26.0 Å². The second-order valence-corrected chi connectivity index (χ2v) is 10.2. The van der Waals surface area contributed by atoms with E-state index in [2.05, 4.69) is 13.2 Å². The fourth-order valence-electron chi connectivity index (χ4n) is 2.86. The van der Waals surface area contributed by atoms with E-state index < -0.39 is 7.60 Å². The zero-order valence-electron chi connectivity index (χ0n) is 20.6. The molecule has 0 bridgehead atoms. The maximum Gasteiger partial charge on any atom is 0.361 e. The third-order valence-corrected chi connectivity index (χ3v) is 6.81. The van der Waals surface area contributed by atoms with Gasteiger partial charge in [-0.2, -0.15) is 0 Å². The maximum atomic E-state index is 13.4. The van der Waals surface area contributed by atoms with E-state index in [0.29, 0.717) is 42.9 Å². The number of hydrogen-bond donors (Lipinski definition) is 0. The van der Waals surface area contributed by atoms with Crippen molar-refractivity contribution in [1.29, 1.82) is 0 Å². The number of esters is 2. The van der Waals surface area contributed by atoms with Gasteiger partial charge in [-0.1, -0.05) is 44.2 Å². The normalized spacial score (nSPS) is 11.1. The average molecular weight is 495 g/mol. The van der Waals surface area contributed by atoms with Gasteiger partial charge in [-0.15, -0.1) is 0 Å². The molecule has 0 amide bonds. The summed E-state index contributed by atoms with van der Waals surface area (Å²) in [6.45, 7) is 11.7. The molecule has 0 saturated heterocycles. The van der Waals surface area contributed by atoms with Crippen molar-refractivity contribution in [3.63, 3.8) is 0 Å². The first-order chi connectivity index (χ1) is 16.3. The second kappa shape index (κ2) is 17.3. The molecule has 1 aromatic carbocycles. The molecule has 0 atom stereocenters. The van der Waals surface area contributed by atoms with Gasteiger partial charge < -0.3 is 18.5 Å². The van der Waals surface area contributed by atoms with E-state index in [9.17, 15) is 14.2 Å². The summed E-state index contributed by atoms with van der Waals surface area (Å²) in [5.74, 6) is -0.731. The predicted octanol–water partition coefficient (Wildman–Crippen LogP) is 5.90. The summed E-state index contributed by atoms with van der Waals surface area (Å²) < 4.78 is 35.0. The molecule has 1 rings (SSSR count). The van der Waals surface area contributed by atoms with Gasteiger partial charge >= 0.3 is 19.5 Å². The minimum Gasteiger partial charge on any atom is -0.462 e. The minimum absolute atomic E-state index is 0.325. The van der Waals surface area contributed by atoms with Crippen molar-refractivity contribution < 1.29 is 32.7 Å². The van der Waals surface area contributed by atoms with Crippen molar-refractivity contribution >= 4 is 24.8 Å². The molecule has 0 heterocycles. The van der Waals surface area contributed by atoms with Crippen molar-refractivity contribution in [3.8, 4) is 0 Å². The predicted molar refractivity (Wildman–Crippen MR) is 134 cm³/mol. The number of benzene rings is 1. The summed E-state index contributed by atoms with van der Waals surface area (Å²) in [6.07, 6.45) is 6.49. The molecular formula is C26H39O7P. The van der Waals surface area contributed by atoms with Crippen LogP contribution in [0, 0.1) is 0 Å². The highest BCUT2D eigenvalue weighted by Crippen LogP contribution is 2.47. The summed E-state index contributed by atoms with van der Waals surface area (Å²) in [5, 5.41) is 0.549. The number of ether oxygens (including phenoxy) is 2. The molecule has 0 N–H and O–H groups in total. The number of rotatable bonds is 19. The first-order valence-electron chi connectivity index (χ1n) is 11.9. The maximum absolute atomic E-state index is 13.4. The molecule has 0 fully saturated rings. The summed E-state index contributed by atoms with van der Waals surface area (Å²) >= 11 is 0. The smallest absolute Gasteiger partial charge is 0.361 e. The van der Waals surface area contributed by atoms with Crippen LogP contribution in [-0.4, -0.2) is 38.4 Å². The monoisotopic (exact) mass is 494 g/mol. The van der Waals surface area contributed by atoms with Crippen LogP contribution in [0.5, 0.6) is 0 Å². The van der Waals surface area contributed by atoms with Crippen LogP contribution in [-0.2, 0) is 32.7 Å². The molecule has 0 radical (unpaired) electrons. The zero-order chi connectivity index (χ0) is 25.2. The van der Waals surface area contributed by atoms with Gasteiger partial charge in [0, 0.05) is 11.1 Å². The Morgan fingerprint density at radius 2 is 1.06 bits per heavy atom. The van der Waals surface area contributed by atoms with Gasteiger partial charge in [0.2, 0.25) is 0 Å². The Hall–Kier alpha value is -2.21. The fraction of sp³-hybridized carbons (Fsp3) is 0.538. The van der Waals surface area contributed by atoms with Crippen LogP contribution >= 0.6 is 7.60 Å². The van der Waals surface area contributed by atoms with Crippen molar-refractivity contribution in [2.45, 2.75) is 65.2 Å². The van der Waals surface area contributed by atoms with Crippen molar-refractivity contribution in [1.82, 2.24) is 0 Å². The van der Waals surface area contributed by atoms with Gasteiger partial charge in [0.1, 0.15) is 0 Å². The number of hydrogen-bond acceptors (Lipinski definition) is 7. The summed E-state index contributed by atoms with van der Waals surface area (Å²) in [5.41, 5.74) is 0.795. The molecule has 0 aromatic heterocycles. The van der Waals surface area contributed by atoms with E-state index in [0.717, 1.165) is 51.4 Å². The Balaban J connectivity index is 2.29. The van der Waals surface area contributed by atoms with Crippen LogP contribution in [0.25, 0.3) is 0 Å². The quantitative estimate of drug-likeness (QED) is 0.102. The van der Waals surface area contributed by atoms with Gasteiger partial charge in [-0.25, -0.2) is 9.59 Å². The Morgan fingerprint density at radius 1 is 0.676 bits per heavy atom. The van der Waals surface area contributed by atoms with E-state index in [1.807, 2.05) is 18.2 Å². The highest BCUT2D eigenvalue weighted by molar-refractivity contribution is 7.62. The minimum atomic E-state index is -3.40. The van der Waals surface area contributed by atoms with Gasteiger partial charge in [0.25, 0.3) is 0 Å². The first kappa shape index (κ1) is 29.8. The molecule has 1 aromatic rings. The molecule has 0 aliphatic carbocycles. The number of carbonyl (C=O) groups is 2. The Morgan fingerprint density at radius 3 is 1.44 bits per heavy atom. The van der Waals surface area contributed by atoms with E-state index in [1.165, 1.54) is 0 Å². The SMILES string of the molecule is C=C(C)C(=O)OCCCCCCOP(=O)(OCCCCCCOC(=O)C(=C)C)c1ccccc1.